The minimum absolute atomic E-state index is 0.200. The van der Waals surface area contributed by atoms with E-state index in [0.29, 0.717) is 0 Å². The zero-order valence-corrected chi connectivity index (χ0v) is 8.59. The lowest BCUT2D eigenvalue weighted by molar-refractivity contribution is 0.0387. The Labute approximate surface area is 79.2 Å². The Kier molecular flexibility index (Phi) is 3.27. The van der Waals surface area contributed by atoms with Crippen LogP contribution in [0.1, 0.15) is 20.8 Å². The summed E-state index contributed by atoms with van der Waals surface area (Å²) in [6.45, 7) is 8.86. The predicted molar refractivity (Wildman–Crippen MR) is 51.0 cm³/mol. The van der Waals surface area contributed by atoms with Gasteiger partial charge in [0.05, 0.1) is 13.1 Å². The minimum Gasteiger partial charge on any atom is -0.411 e. The van der Waals surface area contributed by atoms with E-state index < -0.39 is 0 Å². The summed E-state index contributed by atoms with van der Waals surface area (Å²) in [6.07, 6.45) is -0.200. The second-order valence-corrected chi connectivity index (χ2v) is 4.22. The van der Waals surface area contributed by atoms with E-state index in [0.717, 1.165) is 26.2 Å². The summed E-state index contributed by atoms with van der Waals surface area (Å²) in [4.78, 5) is 13.2. The van der Waals surface area contributed by atoms with E-state index in [4.69, 9.17) is 4.74 Å². The molecule has 1 rings (SSSR count). The van der Waals surface area contributed by atoms with Crippen LogP contribution in [0.5, 0.6) is 0 Å². The normalized spacial score (nSPS) is 19.9. The Hall–Kier alpha value is -0.610. The van der Waals surface area contributed by atoms with Gasteiger partial charge in [0.15, 0.2) is 0 Å². The standard InChI is InChI=1S/C9H18N2O2/c1-9(2,3)13-8(12)11-6-4-10-5-7-11/h10H,4-7H2,1-3H3/q+1. The van der Waals surface area contributed by atoms with Crippen molar-refractivity contribution in [3.8, 4) is 0 Å². The highest BCUT2D eigenvalue weighted by Gasteiger charge is 2.33. The monoisotopic (exact) mass is 186 g/mol. The fourth-order valence-corrected chi connectivity index (χ4v) is 1.17. The van der Waals surface area contributed by atoms with Gasteiger partial charge >= 0.3 is 6.09 Å². The summed E-state index contributed by atoms with van der Waals surface area (Å²) in [6, 6.07) is 0. The SMILES string of the molecule is CC(C)(C)OC(=O)[N+]1CCNCC1. The summed E-state index contributed by atoms with van der Waals surface area (Å²) in [5.74, 6) is 0. The molecule has 0 bridgehead atoms. The molecule has 1 N–H and O–H groups in total. The number of ether oxygens (including phenoxy) is 1. The van der Waals surface area contributed by atoms with E-state index in [9.17, 15) is 4.79 Å². The van der Waals surface area contributed by atoms with Gasteiger partial charge in [0.2, 0.25) is 0 Å². The van der Waals surface area contributed by atoms with Crippen LogP contribution in [0.15, 0.2) is 0 Å². The fourth-order valence-electron chi connectivity index (χ4n) is 1.17. The van der Waals surface area contributed by atoms with Crippen LogP contribution < -0.4 is 10.2 Å². The van der Waals surface area contributed by atoms with E-state index in [-0.39, 0.29) is 11.7 Å². The van der Waals surface area contributed by atoms with Gasteiger partial charge in [-0.1, -0.05) is 4.90 Å². The van der Waals surface area contributed by atoms with E-state index >= 15 is 0 Å². The third-order valence-corrected chi connectivity index (χ3v) is 1.77. The van der Waals surface area contributed by atoms with Crippen molar-refractivity contribution in [3.63, 3.8) is 0 Å². The van der Waals surface area contributed by atoms with Crippen LogP contribution in [0.2, 0.25) is 0 Å². The van der Waals surface area contributed by atoms with Gasteiger partial charge < -0.3 is 10.1 Å². The number of nitrogens with one attached hydrogen (secondary N) is 1. The number of nitrogens with zero attached hydrogens (tertiary/aromatic N) is 1. The van der Waals surface area contributed by atoms with Crippen LogP contribution in [0.25, 0.3) is 0 Å². The summed E-state index contributed by atoms with van der Waals surface area (Å²) >= 11 is 0. The second-order valence-electron chi connectivity index (χ2n) is 4.22. The van der Waals surface area contributed by atoms with Gasteiger partial charge in [0, 0.05) is 0 Å². The molecular weight excluding hydrogens is 168 g/mol. The largest absolute Gasteiger partial charge is 0.566 e. The summed E-state index contributed by atoms with van der Waals surface area (Å²) in [7, 11) is 0. The first-order valence-electron chi connectivity index (χ1n) is 4.68. The molecular formula is C9H18N2O2+. The Morgan fingerprint density at radius 2 is 1.85 bits per heavy atom. The molecule has 0 aromatic carbocycles. The molecule has 0 atom stereocenters. The van der Waals surface area contributed by atoms with E-state index in [1.807, 2.05) is 20.8 Å². The van der Waals surface area contributed by atoms with Gasteiger partial charge in [0.1, 0.15) is 18.7 Å². The van der Waals surface area contributed by atoms with Crippen molar-refractivity contribution in [3.05, 3.63) is 0 Å². The summed E-state index contributed by atoms with van der Waals surface area (Å²) in [5, 5.41) is 3.18. The van der Waals surface area contributed by atoms with Crippen molar-refractivity contribution in [1.82, 2.24) is 10.2 Å². The van der Waals surface area contributed by atoms with Crippen LogP contribution >= 0.6 is 0 Å². The lowest BCUT2D eigenvalue weighted by Crippen LogP contribution is -2.52. The third kappa shape index (κ3) is 3.74. The highest BCUT2D eigenvalue weighted by atomic mass is 16.6. The first-order chi connectivity index (χ1) is 5.99. The quantitative estimate of drug-likeness (QED) is 0.565. The number of hydrogen-bond acceptors (Lipinski definition) is 3. The van der Waals surface area contributed by atoms with Gasteiger partial charge in [-0.25, -0.2) is 0 Å². The van der Waals surface area contributed by atoms with Crippen molar-refractivity contribution < 1.29 is 9.53 Å². The first-order valence-corrected chi connectivity index (χ1v) is 4.68. The van der Waals surface area contributed by atoms with Crippen LogP contribution in [0.3, 0.4) is 0 Å². The lowest BCUT2D eigenvalue weighted by atomic mass is 10.2. The van der Waals surface area contributed by atoms with Crippen molar-refractivity contribution in [2.24, 2.45) is 0 Å². The number of amides is 1. The van der Waals surface area contributed by atoms with Crippen LogP contribution in [0, 0.1) is 0 Å². The molecule has 1 aliphatic heterocycles. The smallest absolute Gasteiger partial charge is 0.411 e. The van der Waals surface area contributed by atoms with E-state index in [2.05, 4.69) is 5.32 Å². The summed E-state index contributed by atoms with van der Waals surface area (Å²) < 4.78 is 5.24. The molecule has 0 aromatic rings. The van der Waals surface area contributed by atoms with Gasteiger partial charge in [0.25, 0.3) is 0 Å². The van der Waals surface area contributed by atoms with Crippen LogP contribution in [0.4, 0.5) is 4.79 Å². The minimum atomic E-state index is -0.387. The lowest BCUT2D eigenvalue weighted by Gasteiger charge is -2.21. The number of piperazine rings is 1. The van der Waals surface area contributed by atoms with Gasteiger partial charge in [-0.3, -0.25) is 0 Å². The maximum atomic E-state index is 11.5. The molecule has 0 aromatic heterocycles. The summed E-state index contributed by atoms with van der Waals surface area (Å²) in [5.41, 5.74) is -0.387. The molecule has 1 amide bonds. The maximum absolute atomic E-state index is 11.5. The van der Waals surface area contributed by atoms with Crippen molar-refractivity contribution in [2.75, 3.05) is 26.2 Å². The Balaban J connectivity index is 2.38. The molecule has 4 nitrogen and oxygen atoms in total. The molecule has 1 radical (unpaired) electrons. The number of carbonyl (C=O) groups excluding carboxylic acids is 1. The van der Waals surface area contributed by atoms with Crippen molar-refractivity contribution in [1.29, 1.82) is 0 Å². The van der Waals surface area contributed by atoms with Gasteiger partial charge in [-0.15, -0.1) is 0 Å². The topological polar surface area (TPSA) is 44.2 Å². The Morgan fingerprint density at radius 1 is 1.31 bits per heavy atom. The predicted octanol–water partition coefficient (Wildman–Crippen LogP) is 0.665. The van der Waals surface area contributed by atoms with Crippen molar-refractivity contribution >= 4 is 6.09 Å². The van der Waals surface area contributed by atoms with Crippen LogP contribution in [-0.4, -0.2) is 37.9 Å². The number of rotatable bonds is 0. The number of hydrogen-bond donors (Lipinski definition) is 1. The third-order valence-electron chi connectivity index (χ3n) is 1.77. The zero-order chi connectivity index (χ0) is 9.90. The molecule has 1 saturated heterocycles. The van der Waals surface area contributed by atoms with Gasteiger partial charge in [-0.05, 0) is 20.8 Å². The molecule has 1 heterocycles. The molecule has 1 aliphatic rings. The molecule has 0 saturated carbocycles. The van der Waals surface area contributed by atoms with E-state index in [1.54, 1.807) is 4.90 Å². The Bertz CT molecular complexity index is 181. The average molecular weight is 186 g/mol. The molecule has 75 valence electrons. The molecule has 0 aliphatic carbocycles. The highest BCUT2D eigenvalue weighted by Crippen LogP contribution is 2.08. The highest BCUT2D eigenvalue weighted by molar-refractivity contribution is 5.71. The fraction of sp³-hybridized carbons (Fsp3) is 0.889. The molecule has 0 unspecified atom stereocenters. The van der Waals surface area contributed by atoms with Crippen LogP contribution in [-0.2, 0) is 4.74 Å². The van der Waals surface area contributed by atoms with Gasteiger partial charge in [-0.2, -0.15) is 4.79 Å². The van der Waals surface area contributed by atoms with Crippen molar-refractivity contribution in [2.45, 2.75) is 26.4 Å². The zero-order valence-electron chi connectivity index (χ0n) is 8.59. The molecule has 4 heteroatoms. The average Bonchev–Trinajstić information content (AvgIpc) is 2.03. The van der Waals surface area contributed by atoms with E-state index in [1.165, 1.54) is 0 Å². The first kappa shape index (κ1) is 10.5. The maximum Gasteiger partial charge on any atom is 0.566 e. The molecule has 0 spiro atoms. The molecule has 13 heavy (non-hydrogen) atoms. The number of carbonyl (C=O) groups is 1. The Morgan fingerprint density at radius 3 is 2.31 bits per heavy atom. The molecule has 1 fully saturated rings. The second kappa shape index (κ2) is 4.07.